The summed E-state index contributed by atoms with van der Waals surface area (Å²) in [4.78, 5) is 10.9. The number of methoxy groups -OCH3 is 2. The molecule has 0 aromatic heterocycles. The summed E-state index contributed by atoms with van der Waals surface area (Å²) in [5.74, 6) is -0.724. The maximum atomic E-state index is 14.8. The summed E-state index contributed by atoms with van der Waals surface area (Å²) >= 11 is 0. The van der Waals surface area contributed by atoms with Crippen LogP contribution in [-0.4, -0.2) is 31.5 Å². The van der Waals surface area contributed by atoms with Crippen molar-refractivity contribution in [2.75, 3.05) is 14.2 Å². The third-order valence-electron chi connectivity index (χ3n) is 6.43. The second kappa shape index (κ2) is 10.8. The Bertz CT molecular complexity index is 1290. The highest BCUT2D eigenvalue weighted by atomic mass is 19.4. The number of fused-ring (bicyclic) bond motifs is 1. The van der Waals surface area contributed by atoms with Crippen LogP contribution in [-0.2, 0) is 22.4 Å². The first-order chi connectivity index (χ1) is 17.6. The van der Waals surface area contributed by atoms with Gasteiger partial charge >= 0.3 is 12.1 Å². The fraction of sp³-hybridized carbons (Fsp3) is 0.321. The summed E-state index contributed by atoms with van der Waals surface area (Å²) in [6.45, 7) is 0. The molecule has 2 atom stereocenters. The Balaban J connectivity index is 1.74. The number of alkyl halides is 3. The zero-order valence-electron chi connectivity index (χ0n) is 20.3. The largest absolute Gasteiger partial charge is 0.497 e. The average Bonchev–Trinajstić information content (AvgIpc) is 2.87. The van der Waals surface area contributed by atoms with E-state index in [2.05, 4.69) is 0 Å². The van der Waals surface area contributed by atoms with Gasteiger partial charge in [-0.15, -0.1) is 0 Å². The van der Waals surface area contributed by atoms with E-state index in [0.717, 1.165) is 24.3 Å². The molecule has 0 aliphatic carbocycles. The number of benzene rings is 3. The van der Waals surface area contributed by atoms with Gasteiger partial charge in [0, 0.05) is 19.1 Å². The zero-order chi connectivity index (χ0) is 26.7. The summed E-state index contributed by atoms with van der Waals surface area (Å²) in [6.07, 6.45) is -6.10. The van der Waals surface area contributed by atoms with Crippen molar-refractivity contribution < 1.29 is 41.7 Å². The molecule has 0 fully saturated rings. The van der Waals surface area contributed by atoms with E-state index in [-0.39, 0.29) is 23.1 Å². The van der Waals surface area contributed by atoms with Gasteiger partial charge < -0.3 is 19.3 Å². The summed E-state index contributed by atoms with van der Waals surface area (Å²) < 4.78 is 72.9. The van der Waals surface area contributed by atoms with Gasteiger partial charge in [0.05, 0.1) is 7.11 Å². The maximum absolute atomic E-state index is 14.8. The van der Waals surface area contributed by atoms with Gasteiger partial charge in [0.25, 0.3) is 0 Å². The molecule has 0 saturated carbocycles. The van der Waals surface area contributed by atoms with Crippen LogP contribution < -0.4 is 9.47 Å². The lowest BCUT2D eigenvalue weighted by atomic mass is 9.89. The Hall–Kier alpha value is -3.59. The smallest absolute Gasteiger partial charge is 0.418 e. The highest BCUT2D eigenvalue weighted by Gasteiger charge is 2.43. The molecule has 1 heterocycles. The third kappa shape index (κ3) is 5.88. The van der Waals surface area contributed by atoms with Crippen molar-refractivity contribution in [1.82, 2.24) is 0 Å². The van der Waals surface area contributed by atoms with Crippen molar-refractivity contribution in [3.05, 3.63) is 82.7 Å². The lowest BCUT2D eigenvalue weighted by Gasteiger charge is -2.29. The van der Waals surface area contributed by atoms with E-state index in [1.54, 1.807) is 12.1 Å². The zero-order valence-corrected chi connectivity index (χ0v) is 20.3. The SMILES string of the molecule is COc1ccc(F)c(-c2ccc(C3CCc4ccc(CCC(=O)O)cc4O3)cc2C(OC)C(F)(F)F)c1. The summed E-state index contributed by atoms with van der Waals surface area (Å²) in [5.41, 5.74) is 2.00. The molecule has 2 unspecified atom stereocenters. The first-order valence-corrected chi connectivity index (χ1v) is 11.7. The van der Waals surface area contributed by atoms with Gasteiger partial charge in [-0.1, -0.05) is 24.3 Å². The molecule has 9 heteroatoms. The third-order valence-corrected chi connectivity index (χ3v) is 6.43. The number of hydrogen-bond acceptors (Lipinski definition) is 4. The fourth-order valence-corrected chi connectivity index (χ4v) is 4.57. The molecule has 4 rings (SSSR count). The van der Waals surface area contributed by atoms with Crippen LogP contribution >= 0.6 is 0 Å². The molecule has 0 radical (unpaired) electrons. The van der Waals surface area contributed by atoms with E-state index < -0.39 is 30.2 Å². The van der Waals surface area contributed by atoms with Crippen LogP contribution in [0, 0.1) is 5.82 Å². The molecule has 0 saturated heterocycles. The minimum absolute atomic E-state index is 0.0241. The first kappa shape index (κ1) is 26.5. The van der Waals surface area contributed by atoms with E-state index in [1.165, 1.54) is 31.4 Å². The van der Waals surface area contributed by atoms with E-state index in [9.17, 15) is 22.4 Å². The summed E-state index contributed by atoms with van der Waals surface area (Å²) in [5, 5.41) is 8.95. The molecule has 1 N–H and O–H groups in total. The summed E-state index contributed by atoms with van der Waals surface area (Å²) in [7, 11) is 2.35. The van der Waals surface area contributed by atoms with Crippen molar-refractivity contribution in [2.45, 2.75) is 44.1 Å². The number of hydrogen-bond donors (Lipinski definition) is 1. The van der Waals surface area contributed by atoms with E-state index in [0.29, 0.717) is 36.3 Å². The van der Waals surface area contributed by atoms with E-state index in [4.69, 9.17) is 19.3 Å². The molecule has 0 bridgehead atoms. The average molecular weight is 519 g/mol. The van der Waals surface area contributed by atoms with Crippen molar-refractivity contribution in [3.63, 3.8) is 0 Å². The molecule has 5 nitrogen and oxygen atoms in total. The van der Waals surface area contributed by atoms with Crippen LogP contribution in [0.5, 0.6) is 11.5 Å². The van der Waals surface area contributed by atoms with Gasteiger partial charge in [-0.25, -0.2) is 4.39 Å². The topological polar surface area (TPSA) is 65.0 Å². The highest BCUT2D eigenvalue weighted by molar-refractivity contribution is 5.71. The minimum Gasteiger partial charge on any atom is -0.497 e. The normalized spacial score (nSPS) is 16.0. The second-order valence-electron chi connectivity index (χ2n) is 8.83. The maximum Gasteiger partial charge on any atom is 0.418 e. The van der Waals surface area contributed by atoms with Crippen LogP contribution in [0.1, 0.15) is 47.3 Å². The van der Waals surface area contributed by atoms with Gasteiger partial charge in [0.1, 0.15) is 23.4 Å². The molecule has 0 amide bonds. The van der Waals surface area contributed by atoms with Crippen LogP contribution in [0.2, 0.25) is 0 Å². The van der Waals surface area contributed by atoms with Crippen LogP contribution in [0.25, 0.3) is 11.1 Å². The van der Waals surface area contributed by atoms with Gasteiger partial charge in [-0.05, 0) is 77.4 Å². The molecular weight excluding hydrogens is 492 g/mol. The second-order valence-corrected chi connectivity index (χ2v) is 8.83. The van der Waals surface area contributed by atoms with E-state index in [1.807, 2.05) is 12.1 Å². The number of aryl methyl sites for hydroxylation is 2. The van der Waals surface area contributed by atoms with Crippen molar-refractivity contribution in [3.8, 4) is 22.6 Å². The van der Waals surface area contributed by atoms with Gasteiger partial charge in [0.15, 0.2) is 6.10 Å². The number of carbonyl (C=O) groups is 1. The Morgan fingerprint density at radius 3 is 2.54 bits per heavy atom. The van der Waals surface area contributed by atoms with Crippen molar-refractivity contribution >= 4 is 5.97 Å². The number of halogens is 4. The Morgan fingerprint density at radius 2 is 1.86 bits per heavy atom. The van der Waals surface area contributed by atoms with Gasteiger partial charge in [-0.2, -0.15) is 13.2 Å². The number of ether oxygens (including phenoxy) is 3. The molecule has 3 aromatic carbocycles. The first-order valence-electron chi connectivity index (χ1n) is 11.7. The van der Waals surface area contributed by atoms with Gasteiger partial charge in [0.2, 0.25) is 0 Å². The molecule has 1 aliphatic rings. The lowest BCUT2D eigenvalue weighted by molar-refractivity contribution is -0.215. The van der Waals surface area contributed by atoms with Crippen LogP contribution in [0.15, 0.2) is 54.6 Å². The Morgan fingerprint density at radius 1 is 1.08 bits per heavy atom. The predicted octanol–water partition coefficient (Wildman–Crippen LogP) is 6.83. The number of aliphatic carboxylic acids is 1. The van der Waals surface area contributed by atoms with E-state index >= 15 is 0 Å². The van der Waals surface area contributed by atoms with Crippen LogP contribution in [0.4, 0.5) is 17.6 Å². The number of carboxylic acids is 1. The molecule has 3 aromatic rings. The standard InChI is InChI=1S/C28H26F4O5/c1-35-19-8-10-23(29)21(15-19)20-9-6-18(14-22(20)27(36-2)28(30,31)32)24-11-7-17-5-3-16(4-12-26(33)34)13-25(17)37-24/h3,5-6,8-10,13-15,24,27H,4,7,11-12H2,1-2H3,(H,33,34). The molecule has 37 heavy (non-hydrogen) atoms. The molecule has 1 aliphatic heterocycles. The lowest BCUT2D eigenvalue weighted by Crippen LogP contribution is -2.24. The Kier molecular flexibility index (Phi) is 7.73. The minimum atomic E-state index is -4.74. The quantitative estimate of drug-likeness (QED) is 0.331. The number of carboxylic acid groups (broad SMARTS) is 1. The summed E-state index contributed by atoms with van der Waals surface area (Å²) in [6, 6.07) is 13.8. The van der Waals surface area contributed by atoms with Gasteiger partial charge in [-0.3, -0.25) is 4.79 Å². The molecule has 0 spiro atoms. The monoisotopic (exact) mass is 518 g/mol. The predicted molar refractivity (Wildman–Crippen MR) is 128 cm³/mol. The highest BCUT2D eigenvalue weighted by Crippen LogP contribution is 2.44. The Labute approximate surface area is 211 Å². The molecule has 196 valence electrons. The molecular formula is C28H26F4O5. The van der Waals surface area contributed by atoms with Crippen molar-refractivity contribution in [1.29, 1.82) is 0 Å². The number of rotatable bonds is 8. The fourth-order valence-electron chi connectivity index (χ4n) is 4.57. The van der Waals surface area contributed by atoms with Crippen molar-refractivity contribution in [2.24, 2.45) is 0 Å². The van der Waals surface area contributed by atoms with Crippen LogP contribution in [0.3, 0.4) is 0 Å².